The third kappa shape index (κ3) is 3.35. The highest BCUT2D eigenvalue weighted by molar-refractivity contribution is 9.08. The predicted octanol–water partition coefficient (Wildman–Crippen LogP) is 4.79. The predicted molar refractivity (Wildman–Crippen MR) is 88.9 cm³/mol. The molecule has 21 heavy (non-hydrogen) atoms. The highest BCUT2D eigenvalue weighted by Crippen LogP contribution is 2.30. The standard InChI is InChI=1S/C17H16BrClO2/c18-11-14-2-1-3-15(19)17(14)21-8-6-12-4-5-16-13(10-12)7-9-20-16/h1-5,10H,6-9,11H2. The molecule has 0 bridgehead atoms. The van der Waals surface area contributed by atoms with E-state index in [0.717, 1.165) is 41.8 Å². The number of halogens is 2. The van der Waals surface area contributed by atoms with Crippen molar-refractivity contribution < 1.29 is 9.47 Å². The first-order valence-corrected chi connectivity index (χ1v) is 8.48. The second-order valence-electron chi connectivity index (χ2n) is 5.00. The number of rotatable bonds is 5. The zero-order chi connectivity index (χ0) is 14.7. The van der Waals surface area contributed by atoms with Crippen LogP contribution in [0.25, 0.3) is 0 Å². The van der Waals surface area contributed by atoms with Gasteiger partial charge in [0, 0.05) is 23.7 Å². The molecule has 0 atom stereocenters. The maximum Gasteiger partial charge on any atom is 0.141 e. The van der Waals surface area contributed by atoms with Gasteiger partial charge in [0.05, 0.1) is 18.2 Å². The third-order valence-electron chi connectivity index (χ3n) is 3.58. The molecule has 0 saturated carbocycles. The minimum Gasteiger partial charge on any atom is -0.493 e. The Morgan fingerprint density at radius 3 is 3.00 bits per heavy atom. The summed E-state index contributed by atoms with van der Waals surface area (Å²) in [5.41, 5.74) is 3.64. The van der Waals surface area contributed by atoms with Crippen LogP contribution in [0.3, 0.4) is 0 Å². The van der Waals surface area contributed by atoms with Gasteiger partial charge in [-0.3, -0.25) is 0 Å². The minimum absolute atomic E-state index is 0.614. The lowest BCUT2D eigenvalue weighted by molar-refractivity contribution is 0.320. The van der Waals surface area contributed by atoms with Crippen LogP contribution >= 0.6 is 27.5 Å². The number of ether oxygens (including phenoxy) is 2. The Bertz CT molecular complexity index is 643. The third-order valence-corrected chi connectivity index (χ3v) is 4.49. The lowest BCUT2D eigenvalue weighted by Crippen LogP contribution is -2.03. The van der Waals surface area contributed by atoms with E-state index >= 15 is 0 Å². The Balaban J connectivity index is 1.64. The largest absolute Gasteiger partial charge is 0.493 e. The Morgan fingerprint density at radius 1 is 1.24 bits per heavy atom. The maximum atomic E-state index is 6.20. The molecule has 1 aliphatic heterocycles. The smallest absolute Gasteiger partial charge is 0.141 e. The van der Waals surface area contributed by atoms with Crippen LogP contribution in [0.4, 0.5) is 0 Å². The fourth-order valence-electron chi connectivity index (χ4n) is 2.49. The van der Waals surface area contributed by atoms with Crippen molar-refractivity contribution >= 4 is 27.5 Å². The molecular weight excluding hydrogens is 352 g/mol. The van der Waals surface area contributed by atoms with E-state index in [4.69, 9.17) is 21.1 Å². The first-order chi connectivity index (χ1) is 10.3. The quantitative estimate of drug-likeness (QED) is 0.707. The molecule has 0 radical (unpaired) electrons. The van der Waals surface area contributed by atoms with Gasteiger partial charge in [0.15, 0.2) is 0 Å². The lowest BCUT2D eigenvalue weighted by Gasteiger charge is -2.12. The van der Waals surface area contributed by atoms with E-state index < -0.39 is 0 Å². The van der Waals surface area contributed by atoms with Gasteiger partial charge < -0.3 is 9.47 Å². The summed E-state index contributed by atoms with van der Waals surface area (Å²) in [5.74, 6) is 1.80. The summed E-state index contributed by atoms with van der Waals surface area (Å²) < 4.78 is 11.4. The van der Waals surface area contributed by atoms with Crippen molar-refractivity contribution in [3.8, 4) is 11.5 Å². The second-order valence-corrected chi connectivity index (χ2v) is 5.97. The van der Waals surface area contributed by atoms with Gasteiger partial charge in [0.25, 0.3) is 0 Å². The van der Waals surface area contributed by atoms with E-state index in [0.29, 0.717) is 11.6 Å². The number of alkyl halides is 1. The summed E-state index contributed by atoms with van der Waals surface area (Å²) in [5, 5.41) is 1.40. The van der Waals surface area contributed by atoms with Crippen LogP contribution in [0, 0.1) is 0 Å². The Labute approximate surface area is 138 Å². The molecule has 1 heterocycles. The van der Waals surface area contributed by atoms with Gasteiger partial charge in [-0.15, -0.1) is 0 Å². The molecule has 0 aromatic heterocycles. The van der Waals surface area contributed by atoms with Gasteiger partial charge in [-0.25, -0.2) is 0 Å². The molecule has 1 aliphatic rings. The monoisotopic (exact) mass is 366 g/mol. The van der Waals surface area contributed by atoms with Crippen LogP contribution in [0.15, 0.2) is 36.4 Å². The normalized spacial score (nSPS) is 12.9. The van der Waals surface area contributed by atoms with Gasteiger partial charge in [0.1, 0.15) is 11.5 Å². The highest BCUT2D eigenvalue weighted by atomic mass is 79.9. The zero-order valence-corrected chi connectivity index (χ0v) is 13.9. The Kier molecular flexibility index (Phi) is 4.71. The summed E-state index contributed by atoms with van der Waals surface area (Å²) in [6, 6.07) is 12.2. The Morgan fingerprint density at radius 2 is 2.14 bits per heavy atom. The average Bonchev–Trinajstić information content (AvgIpc) is 2.96. The Hall–Kier alpha value is -1.19. The number of hydrogen-bond acceptors (Lipinski definition) is 2. The van der Waals surface area contributed by atoms with Crippen LogP contribution < -0.4 is 9.47 Å². The molecule has 0 aliphatic carbocycles. The van der Waals surface area contributed by atoms with Crippen molar-refractivity contribution in [1.82, 2.24) is 0 Å². The number of fused-ring (bicyclic) bond motifs is 1. The van der Waals surface area contributed by atoms with Gasteiger partial charge in [-0.1, -0.05) is 51.8 Å². The van der Waals surface area contributed by atoms with Crippen molar-refractivity contribution in [3.05, 3.63) is 58.1 Å². The number of para-hydroxylation sites is 1. The first kappa shape index (κ1) is 14.7. The summed E-state index contributed by atoms with van der Waals surface area (Å²) in [4.78, 5) is 0. The van der Waals surface area contributed by atoms with Crippen molar-refractivity contribution in [3.63, 3.8) is 0 Å². The SMILES string of the molecule is Clc1cccc(CBr)c1OCCc1ccc2c(c1)CCO2. The van der Waals surface area contributed by atoms with Gasteiger partial charge >= 0.3 is 0 Å². The molecule has 3 rings (SSSR count). The topological polar surface area (TPSA) is 18.5 Å². The summed E-state index contributed by atoms with van der Waals surface area (Å²) >= 11 is 9.66. The molecule has 0 unspecified atom stereocenters. The molecule has 0 fully saturated rings. The summed E-state index contributed by atoms with van der Waals surface area (Å²) in [6.07, 6.45) is 1.86. The van der Waals surface area contributed by atoms with Crippen LogP contribution in [0.1, 0.15) is 16.7 Å². The highest BCUT2D eigenvalue weighted by Gasteiger charge is 2.12. The molecule has 0 spiro atoms. The van der Waals surface area contributed by atoms with E-state index in [1.165, 1.54) is 11.1 Å². The van der Waals surface area contributed by atoms with Crippen LogP contribution in [-0.2, 0) is 18.2 Å². The lowest BCUT2D eigenvalue weighted by atomic mass is 10.1. The molecule has 4 heteroatoms. The minimum atomic E-state index is 0.614. The van der Waals surface area contributed by atoms with Crippen molar-refractivity contribution in [2.45, 2.75) is 18.2 Å². The fourth-order valence-corrected chi connectivity index (χ4v) is 3.18. The van der Waals surface area contributed by atoms with E-state index in [-0.39, 0.29) is 0 Å². The van der Waals surface area contributed by atoms with Crippen LogP contribution in [0.2, 0.25) is 5.02 Å². The molecule has 0 amide bonds. The number of hydrogen-bond donors (Lipinski definition) is 0. The van der Waals surface area contributed by atoms with Crippen LogP contribution in [0.5, 0.6) is 11.5 Å². The van der Waals surface area contributed by atoms with E-state index in [2.05, 4.69) is 34.1 Å². The van der Waals surface area contributed by atoms with Gasteiger partial charge in [0.2, 0.25) is 0 Å². The van der Waals surface area contributed by atoms with E-state index in [1.807, 2.05) is 18.2 Å². The fraction of sp³-hybridized carbons (Fsp3) is 0.294. The van der Waals surface area contributed by atoms with Crippen molar-refractivity contribution in [1.29, 1.82) is 0 Å². The molecule has 2 aromatic carbocycles. The summed E-state index contributed by atoms with van der Waals surface area (Å²) in [7, 11) is 0. The van der Waals surface area contributed by atoms with Gasteiger partial charge in [-0.05, 0) is 23.3 Å². The van der Waals surface area contributed by atoms with Crippen molar-refractivity contribution in [2.24, 2.45) is 0 Å². The molecule has 2 nitrogen and oxygen atoms in total. The molecular formula is C17H16BrClO2. The zero-order valence-electron chi connectivity index (χ0n) is 11.6. The molecule has 0 N–H and O–H groups in total. The van der Waals surface area contributed by atoms with E-state index in [1.54, 1.807) is 0 Å². The molecule has 110 valence electrons. The first-order valence-electron chi connectivity index (χ1n) is 6.98. The van der Waals surface area contributed by atoms with Crippen molar-refractivity contribution in [2.75, 3.05) is 13.2 Å². The molecule has 2 aromatic rings. The average molecular weight is 368 g/mol. The number of benzene rings is 2. The van der Waals surface area contributed by atoms with E-state index in [9.17, 15) is 0 Å². The maximum absolute atomic E-state index is 6.20. The van der Waals surface area contributed by atoms with Crippen LogP contribution in [-0.4, -0.2) is 13.2 Å². The summed E-state index contributed by atoms with van der Waals surface area (Å²) in [6.45, 7) is 1.41. The van der Waals surface area contributed by atoms with Gasteiger partial charge in [-0.2, -0.15) is 0 Å². The molecule has 0 saturated heterocycles. The second kappa shape index (κ2) is 6.71.